The van der Waals surface area contributed by atoms with Gasteiger partial charge in [-0.3, -0.25) is 4.79 Å². The minimum absolute atomic E-state index is 0.0672. The third-order valence-electron chi connectivity index (χ3n) is 5.54. The number of benzene rings is 1. The van der Waals surface area contributed by atoms with Gasteiger partial charge in [0.1, 0.15) is 0 Å². The predicted octanol–water partition coefficient (Wildman–Crippen LogP) is 2.59. The van der Waals surface area contributed by atoms with E-state index in [1.54, 1.807) is 0 Å². The van der Waals surface area contributed by atoms with Crippen LogP contribution in [-0.4, -0.2) is 33.6 Å². The van der Waals surface area contributed by atoms with Gasteiger partial charge >= 0.3 is 6.18 Å². The Bertz CT molecular complexity index is 858. The summed E-state index contributed by atoms with van der Waals surface area (Å²) in [6.07, 6.45) is -2.10. The van der Waals surface area contributed by atoms with E-state index in [2.05, 4.69) is 10.5 Å². The first kappa shape index (κ1) is 18.6. The van der Waals surface area contributed by atoms with Crippen LogP contribution < -0.4 is 5.43 Å². The van der Waals surface area contributed by atoms with E-state index >= 15 is 0 Å². The Hall–Kier alpha value is -1.78. The van der Waals surface area contributed by atoms with E-state index < -0.39 is 27.6 Å². The number of alkyl halides is 3. The molecule has 6 nitrogen and oxygen atoms in total. The molecule has 2 heterocycles. The summed E-state index contributed by atoms with van der Waals surface area (Å²) in [6, 6.07) is 3.74. The van der Waals surface area contributed by atoms with Gasteiger partial charge < -0.3 is 4.55 Å². The molecule has 1 aromatic carbocycles. The van der Waals surface area contributed by atoms with Crippen LogP contribution in [0.3, 0.4) is 0 Å². The maximum Gasteiger partial charge on any atom is 0.416 e. The Balaban J connectivity index is 1.55. The number of nitrogens with one attached hydrogen (secondary N) is 1. The SMILES string of the molecule is O=C1NN=C(C2CC2)C12CCN([S+](=O)([O-])c1cccc(C(F)(F)F)c1)CC2. The van der Waals surface area contributed by atoms with Crippen LogP contribution in [0.2, 0.25) is 0 Å². The lowest BCUT2D eigenvalue weighted by Crippen LogP contribution is -2.51. The number of halogens is 3. The van der Waals surface area contributed by atoms with Gasteiger partial charge in [0.05, 0.1) is 16.7 Å². The number of nitrogens with zero attached hydrogens (tertiary/aromatic N) is 2. The first-order valence-corrected chi connectivity index (χ1v) is 10.1. The molecule has 1 aromatic rings. The summed E-state index contributed by atoms with van der Waals surface area (Å²) in [7, 11) is -4.07. The zero-order valence-corrected chi connectivity index (χ0v) is 15.1. The maximum absolute atomic E-state index is 12.9. The molecule has 10 heteroatoms. The smallest absolute Gasteiger partial charge is 0.416 e. The van der Waals surface area contributed by atoms with Crippen LogP contribution in [0, 0.1) is 11.3 Å². The molecular weight excluding hydrogens is 383 g/mol. The number of piperidine rings is 1. The molecule has 1 amide bonds. The van der Waals surface area contributed by atoms with Gasteiger partial charge in [-0.1, -0.05) is 10.3 Å². The summed E-state index contributed by atoms with van der Waals surface area (Å²) in [4.78, 5) is 12.0. The van der Waals surface area contributed by atoms with Crippen LogP contribution in [0.15, 0.2) is 34.3 Å². The standard InChI is InChI=1S/C17H18F3N3O3S/c18-17(19,20)12-2-1-3-13(10-12)27(25,26)23-8-6-16(7-9-23)14(11-4-5-11)21-22-15(16)24/h1-3,10-11H,4-9H2,(H-,22,24,25,26). The van der Waals surface area contributed by atoms with Crippen LogP contribution in [0.4, 0.5) is 13.2 Å². The molecule has 1 saturated heterocycles. The van der Waals surface area contributed by atoms with Crippen LogP contribution >= 0.6 is 0 Å². The summed E-state index contributed by atoms with van der Waals surface area (Å²) in [5.41, 5.74) is 1.54. The Morgan fingerprint density at radius 2 is 1.93 bits per heavy atom. The summed E-state index contributed by atoms with van der Waals surface area (Å²) in [5, 5.41) is 4.16. The Kier molecular flexibility index (Phi) is 4.21. The van der Waals surface area contributed by atoms with Gasteiger partial charge in [0.15, 0.2) is 15.3 Å². The second kappa shape index (κ2) is 6.11. The van der Waals surface area contributed by atoms with Crippen molar-refractivity contribution in [2.75, 3.05) is 13.1 Å². The molecule has 0 radical (unpaired) electrons. The van der Waals surface area contributed by atoms with Crippen molar-refractivity contribution >= 4 is 22.0 Å². The van der Waals surface area contributed by atoms with E-state index in [4.69, 9.17) is 0 Å². The average Bonchev–Trinajstić information content (AvgIpc) is 3.42. The topological polar surface area (TPSA) is 84.8 Å². The van der Waals surface area contributed by atoms with Crippen LogP contribution in [0.5, 0.6) is 0 Å². The van der Waals surface area contributed by atoms with Gasteiger partial charge in [-0.05, 0) is 37.8 Å². The van der Waals surface area contributed by atoms with Gasteiger partial charge in [0.25, 0.3) is 5.91 Å². The third kappa shape index (κ3) is 3.09. The fourth-order valence-corrected chi connectivity index (χ4v) is 5.34. The van der Waals surface area contributed by atoms with Crippen LogP contribution in [0.25, 0.3) is 0 Å². The Labute approximate surface area is 155 Å². The first-order valence-electron chi connectivity index (χ1n) is 8.70. The summed E-state index contributed by atoms with van der Waals surface area (Å²) in [5.74, 6) is 0.0658. The van der Waals surface area contributed by atoms with Crippen molar-refractivity contribution in [2.24, 2.45) is 16.4 Å². The van der Waals surface area contributed by atoms with Crippen molar-refractivity contribution in [1.82, 2.24) is 9.73 Å². The maximum atomic E-state index is 12.9. The van der Waals surface area contributed by atoms with Crippen molar-refractivity contribution in [3.8, 4) is 0 Å². The number of hydrogen-bond acceptors (Lipinski definition) is 4. The molecule has 0 bridgehead atoms. The van der Waals surface area contributed by atoms with E-state index in [1.165, 1.54) is 0 Å². The molecular formula is C17H18F3N3O3S. The highest BCUT2D eigenvalue weighted by Crippen LogP contribution is 2.46. The van der Waals surface area contributed by atoms with E-state index in [0.29, 0.717) is 6.07 Å². The number of carbonyl (C=O) groups is 1. The molecule has 1 aliphatic carbocycles. The van der Waals surface area contributed by atoms with Gasteiger partial charge in [0.2, 0.25) is 0 Å². The lowest BCUT2D eigenvalue weighted by Gasteiger charge is -2.38. The summed E-state index contributed by atoms with van der Waals surface area (Å²) < 4.78 is 65.5. The molecule has 1 atom stereocenters. The number of amides is 1. The molecule has 27 heavy (non-hydrogen) atoms. The minimum atomic E-state index is -4.62. The van der Waals surface area contributed by atoms with E-state index in [-0.39, 0.29) is 42.7 Å². The zero-order chi connectivity index (χ0) is 19.4. The third-order valence-corrected chi connectivity index (χ3v) is 7.44. The van der Waals surface area contributed by atoms with Crippen molar-refractivity contribution in [1.29, 1.82) is 0 Å². The van der Waals surface area contributed by atoms with Crippen LogP contribution in [-0.2, 0) is 25.6 Å². The molecule has 4 rings (SSSR count). The second-order valence-corrected chi connectivity index (χ2v) is 9.16. The van der Waals surface area contributed by atoms with Gasteiger partial charge in [-0.25, -0.2) is 5.43 Å². The quantitative estimate of drug-likeness (QED) is 0.790. The number of hydrogen-bond donors (Lipinski definition) is 1. The predicted molar refractivity (Wildman–Crippen MR) is 90.1 cm³/mol. The molecule has 146 valence electrons. The molecule has 0 aromatic heterocycles. The zero-order valence-electron chi connectivity index (χ0n) is 14.3. The van der Waals surface area contributed by atoms with Gasteiger partial charge in [-0.2, -0.15) is 18.3 Å². The summed E-state index contributed by atoms with van der Waals surface area (Å²) >= 11 is 0. The molecule has 1 unspecified atom stereocenters. The van der Waals surface area contributed by atoms with Crippen molar-refractivity contribution < 1.29 is 26.7 Å². The fourth-order valence-electron chi connectivity index (χ4n) is 3.85. The monoisotopic (exact) mass is 401 g/mol. The van der Waals surface area contributed by atoms with E-state index in [9.17, 15) is 26.7 Å². The lowest BCUT2D eigenvalue weighted by molar-refractivity contribution is -0.137. The highest BCUT2D eigenvalue weighted by Gasteiger charge is 2.55. The van der Waals surface area contributed by atoms with Crippen LogP contribution in [0.1, 0.15) is 31.2 Å². The number of rotatable bonds is 3. The highest BCUT2D eigenvalue weighted by molar-refractivity contribution is 7.95. The largest absolute Gasteiger partial charge is 0.593 e. The van der Waals surface area contributed by atoms with E-state index in [0.717, 1.165) is 41.1 Å². The molecule has 1 spiro atoms. The Morgan fingerprint density at radius 1 is 1.26 bits per heavy atom. The molecule has 1 N–H and O–H groups in total. The van der Waals surface area contributed by atoms with Crippen molar-refractivity contribution in [2.45, 2.75) is 36.8 Å². The van der Waals surface area contributed by atoms with Crippen molar-refractivity contribution in [3.05, 3.63) is 29.8 Å². The number of sulfonamides is 1. The molecule has 2 fully saturated rings. The van der Waals surface area contributed by atoms with Gasteiger partial charge in [-0.15, -0.1) is 4.31 Å². The number of hydrazone groups is 1. The second-order valence-electron chi connectivity index (χ2n) is 7.22. The molecule has 1 saturated carbocycles. The average molecular weight is 401 g/mol. The van der Waals surface area contributed by atoms with Gasteiger partial charge in [0, 0.05) is 25.1 Å². The summed E-state index contributed by atoms with van der Waals surface area (Å²) in [6.45, 7) is 0.134. The molecule has 3 aliphatic rings. The minimum Gasteiger partial charge on any atom is -0.593 e. The van der Waals surface area contributed by atoms with Crippen molar-refractivity contribution in [3.63, 3.8) is 0 Å². The highest BCUT2D eigenvalue weighted by atomic mass is 32.3. The van der Waals surface area contributed by atoms with E-state index in [1.807, 2.05) is 0 Å². The normalized spacial score (nSPS) is 25.2. The molecule has 2 aliphatic heterocycles. The fraction of sp³-hybridized carbons (Fsp3) is 0.529. The number of carbonyl (C=O) groups excluding carboxylic acids is 1. The lowest BCUT2D eigenvalue weighted by atomic mass is 9.73. The Morgan fingerprint density at radius 3 is 2.52 bits per heavy atom. The first-order chi connectivity index (χ1) is 12.6.